The normalized spacial score (nSPS) is 42.7. The molecule has 3 atom stereocenters. The molecule has 0 aromatic carbocycles. The predicted octanol–water partition coefficient (Wildman–Crippen LogP) is 0.974. The van der Waals surface area contributed by atoms with E-state index < -0.39 is 5.60 Å². The molecule has 2 saturated heterocycles. The Labute approximate surface area is 89.6 Å². The van der Waals surface area contributed by atoms with E-state index in [2.05, 4.69) is 18.3 Å². The molecule has 0 bridgehead atoms. The Morgan fingerprint density at radius 2 is 2.47 bits per heavy atom. The van der Waals surface area contributed by atoms with Crippen molar-refractivity contribution in [2.45, 2.75) is 44.2 Å². The summed E-state index contributed by atoms with van der Waals surface area (Å²) in [7, 11) is 0. The number of nitrogens with zero attached hydrogens (tertiary/aromatic N) is 1. The van der Waals surface area contributed by atoms with Gasteiger partial charge in [-0.05, 0) is 19.8 Å². The molecule has 2 aliphatic heterocycles. The predicted molar refractivity (Wildman–Crippen MR) is 53.9 cm³/mol. The molecule has 4 nitrogen and oxygen atoms in total. The van der Waals surface area contributed by atoms with Gasteiger partial charge < -0.3 is 10.1 Å². The first kappa shape index (κ1) is 10.4. The molecule has 1 amide bonds. The number of carbonyl (C=O) groups excluding carboxylic acids is 1. The highest BCUT2D eigenvalue weighted by molar-refractivity contribution is 5.85. The van der Waals surface area contributed by atoms with Gasteiger partial charge in [-0.25, -0.2) is 0 Å². The van der Waals surface area contributed by atoms with Crippen LogP contribution in [0.4, 0.5) is 0 Å². The van der Waals surface area contributed by atoms with Crippen molar-refractivity contribution in [3.63, 3.8) is 0 Å². The summed E-state index contributed by atoms with van der Waals surface area (Å²) in [5.74, 6) is -0.113. The first-order valence-corrected chi connectivity index (χ1v) is 5.42. The van der Waals surface area contributed by atoms with E-state index in [-0.39, 0.29) is 17.4 Å². The van der Waals surface area contributed by atoms with Gasteiger partial charge in [-0.1, -0.05) is 6.92 Å². The molecule has 0 radical (unpaired) electrons. The van der Waals surface area contributed by atoms with E-state index in [1.165, 1.54) is 0 Å². The van der Waals surface area contributed by atoms with Crippen LogP contribution >= 0.6 is 0 Å². The largest absolute Gasteiger partial charge is 0.369 e. The molecule has 0 saturated carbocycles. The van der Waals surface area contributed by atoms with Crippen molar-refractivity contribution >= 4 is 5.91 Å². The summed E-state index contributed by atoms with van der Waals surface area (Å²) < 4.78 is 5.62. The van der Waals surface area contributed by atoms with E-state index in [1.54, 1.807) is 0 Å². The fourth-order valence-corrected chi connectivity index (χ4v) is 2.80. The number of rotatable bonds is 3. The molecule has 4 heteroatoms. The van der Waals surface area contributed by atoms with Crippen LogP contribution in [0.5, 0.6) is 0 Å². The van der Waals surface area contributed by atoms with Gasteiger partial charge in [0, 0.05) is 6.42 Å². The Morgan fingerprint density at radius 1 is 1.73 bits per heavy atom. The number of nitrogens with one attached hydrogen (secondary N) is 1. The summed E-state index contributed by atoms with van der Waals surface area (Å²) in [5, 5.41) is 11.6. The third-order valence-electron chi connectivity index (χ3n) is 4.06. The molecule has 0 spiro atoms. The van der Waals surface area contributed by atoms with Gasteiger partial charge in [0.1, 0.15) is 5.60 Å². The number of ether oxygens (including phenoxy) is 1. The van der Waals surface area contributed by atoms with Crippen molar-refractivity contribution in [1.29, 1.82) is 5.26 Å². The van der Waals surface area contributed by atoms with Gasteiger partial charge in [-0.3, -0.25) is 4.79 Å². The zero-order chi connectivity index (χ0) is 11.1. The van der Waals surface area contributed by atoms with Crippen molar-refractivity contribution < 1.29 is 9.53 Å². The van der Waals surface area contributed by atoms with Gasteiger partial charge in [0.05, 0.1) is 24.1 Å². The smallest absolute Gasteiger partial charge is 0.226 e. The Hall–Kier alpha value is -1.08. The molecule has 2 heterocycles. The minimum Gasteiger partial charge on any atom is -0.369 e. The Balaban J connectivity index is 2.20. The van der Waals surface area contributed by atoms with Crippen molar-refractivity contribution in [2.75, 3.05) is 6.61 Å². The van der Waals surface area contributed by atoms with E-state index in [4.69, 9.17) is 10.00 Å². The number of amides is 1. The van der Waals surface area contributed by atoms with Crippen LogP contribution in [0.15, 0.2) is 0 Å². The lowest BCUT2D eigenvalue weighted by Crippen LogP contribution is -2.70. The number of nitriles is 1. The SMILES string of the molecule is CC[C@]12CO[C@@]1(C)[C@@H](CCC#N)C(=O)N2. The highest BCUT2D eigenvalue weighted by Gasteiger charge is 2.67. The van der Waals surface area contributed by atoms with Crippen LogP contribution in [0.3, 0.4) is 0 Å². The van der Waals surface area contributed by atoms with Crippen LogP contribution in [0.25, 0.3) is 0 Å². The second-order valence-electron chi connectivity index (χ2n) is 4.57. The van der Waals surface area contributed by atoms with E-state index in [1.807, 2.05) is 6.92 Å². The summed E-state index contributed by atoms with van der Waals surface area (Å²) in [5.41, 5.74) is -0.570. The van der Waals surface area contributed by atoms with Crippen molar-refractivity contribution in [3.05, 3.63) is 0 Å². The second kappa shape index (κ2) is 3.21. The standard InChI is InChI=1S/C11H16N2O2/c1-3-11-7-15-10(11,2)8(5-4-6-12)9(14)13-11/h8H,3-5,7H2,1-2H3,(H,13,14)/t8-,10-,11-/m0/s1. The molecular weight excluding hydrogens is 192 g/mol. The summed E-state index contributed by atoms with van der Waals surface area (Å²) in [6, 6.07) is 2.09. The third-order valence-corrected chi connectivity index (χ3v) is 4.06. The molecule has 82 valence electrons. The topological polar surface area (TPSA) is 62.1 Å². The van der Waals surface area contributed by atoms with Gasteiger partial charge >= 0.3 is 0 Å². The lowest BCUT2D eigenvalue weighted by Gasteiger charge is -2.53. The van der Waals surface area contributed by atoms with Crippen molar-refractivity contribution in [3.8, 4) is 6.07 Å². The zero-order valence-electron chi connectivity index (χ0n) is 9.17. The lowest BCUT2D eigenvalue weighted by molar-refractivity contribution is -0.219. The lowest BCUT2D eigenvalue weighted by atomic mass is 9.70. The highest BCUT2D eigenvalue weighted by atomic mass is 16.5. The number of hydrogen-bond acceptors (Lipinski definition) is 3. The van der Waals surface area contributed by atoms with Gasteiger partial charge in [-0.15, -0.1) is 0 Å². The zero-order valence-corrected chi connectivity index (χ0v) is 9.17. The van der Waals surface area contributed by atoms with Crippen LogP contribution in [-0.2, 0) is 9.53 Å². The van der Waals surface area contributed by atoms with Gasteiger partial charge in [-0.2, -0.15) is 5.26 Å². The van der Waals surface area contributed by atoms with Crippen LogP contribution in [0.1, 0.15) is 33.1 Å². The molecule has 15 heavy (non-hydrogen) atoms. The second-order valence-corrected chi connectivity index (χ2v) is 4.57. The monoisotopic (exact) mass is 208 g/mol. The minimum absolute atomic E-state index is 0.0482. The number of fused-ring (bicyclic) bond motifs is 1. The molecule has 2 fully saturated rings. The molecule has 0 aromatic heterocycles. The van der Waals surface area contributed by atoms with Crippen molar-refractivity contribution in [1.82, 2.24) is 5.32 Å². The summed E-state index contributed by atoms with van der Waals surface area (Å²) in [6.45, 7) is 4.66. The third kappa shape index (κ3) is 1.13. The molecule has 1 N–H and O–H groups in total. The minimum atomic E-state index is -0.393. The Kier molecular flexibility index (Phi) is 2.23. The van der Waals surface area contributed by atoms with Crippen LogP contribution in [0, 0.1) is 17.2 Å². The summed E-state index contributed by atoms with van der Waals surface area (Å²) >= 11 is 0. The van der Waals surface area contributed by atoms with E-state index in [0.717, 1.165) is 6.42 Å². The molecule has 2 rings (SSSR count). The van der Waals surface area contributed by atoms with E-state index in [0.29, 0.717) is 19.4 Å². The average Bonchev–Trinajstić information content (AvgIpc) is 2.36. The first-order chi connectivity index (χ1) is 7.09. The van der Waals surface area contributed by atoms with Gasteiger partial charge in [0.2, 0.25) is 5.91 Å². The number of carbonyl (C=O) groups is 1. The highest BCUT2D eigenvalue weighted by Crippen LogP contribution is 2.50. The Morgan fingerprint density at radius 3 is 2.87 bits per heavy atom. The quantitative estimate of drug-likeness (QED) is 0.751. The fraction of sp³-hybridized carbons (Fsp3) is 0.818. The van der Waals surface area contributed by atoms with Gasteiger partial charge in [0.25, 0.3) is 0 Å². The molecular formula is C11H16N2O2. The van der Waals surface area contributed by atoms with E-state index >= 15 is 0 Å². The van der Waals surface area contributed by atoms with Crippen LogP contribution in [0.2, 0.25) is 0 Å². The number of hydrogen-bond donors (Lipinski definition) is 1. The maximum absolute atomic E-state index is 11.8. The van der Waals surface area contributed by atoms with Crippen molar-refractivity contribution in [2.24, 2.45) is 5.92 Å². The average molecular weight is 208 g/mol. The van der Waals surface area contributed by atoms with E-state index in [9.17, 15) is 4.79 Å². The van der Waals surface area contributed by atoms with Crippen LogP contribution in [-0.4, -0.2) is 23.7 Å². The summed E-state index contributed by atoms with van der Waals surface area (Å²) in [4.78, 5) is 11.8. The fourth-order valence-electron chi connectivity index (χ4n) is 2.80. The maximum Gasteiger partial charge on any atom is 0.226 e. The van der Waals surface area contributed by atoms with Crippen LogP contribution < -0.4 is 5.32 Å². The molecule has 0 aliphatic carbocycles. The maximum atomic E-state index is 11.8. The molecule has 0 aromatic rings. The molecule has 0 unspecified atom stereocenters. The molecule has 2 aliphatic rings. The Bertz CT molecular complexity index is 332. The first-order valence-electron chi connectivity index (χ1n) is 5.42. The summed E-state index contributed by atoms with van der Waals surface area (Å²) in [6.07, 6.45) is 1.90. The van der Waals surface area contributed by atoms with Gasteiger partial charge in [0.15, 0.2) is 0 Å².